The Labute approximate surface area is 115 Å². The molecule has 0 radical (unpaired) electrons. The third-order valence-electron chi connectivity index (χ3n) is 2.79. The molecule has 1 aromatic carbocycles. The Kier molecular flexibility index (Phi) is 4.29. The Balaban J connectivity index is 2.41. The van der Waals surface area contributed by atoms with Crippen molar-refractivity contribution in [1.29, 1.82) is 0 Å². The van der Waals surface area contributed by atoms with Gasteiger partial charge in [-0.3, -0.25) is 14.2 Å². The monoisotopic (exact) mass is 276 g/mol. The molecule has 0 aliphatic rings. The van der Waals surface area contributed by atoms with Crippen LogP contribution in [0.15, 0.2) is 46.0 Å². The van der Waals surface area contributed by atoms with Crippen molar-refractivity contribution in [1.82, 2.24) is 9.88 Å². The highest BCUT2D eigenvalue weighted by atomic mass is 32.1. The van der Waals surface area contributed by atoms with E-state index in [0.717, 1.165) is 28.2 Å². The number of nitrogens with one attached hydrogen (secondary N) is 1. The molecule has 1 aromatic heterocycles. The van der Waals surface area contributed by atoms with Gasteiger partial charge in [0.2, 0.25) is 0 Å². The van der Waals surface area contributed by atoms with Crippen molar-refractivity contribution in [3.05, 3.63) is 56.4 Å². The van der Waals surface area contributed by atoms with E-state index in [-0.39, 0.29) is 17.0 Å². The fourth-order valence-corrected chi connectivity index (χ4v) is 2.69. The van der Waals surface area contributed by atoms with Crippen molar-refractivity contribution in [2.45, 2.75) is 13.5 Å². The number of hydrogen-bond acceptors (Lipinski definition) is 4. The number of benzene rings is 1. The zero-order chi connectivity index (χ0) is 13.8. The van der Waals surface area contributed by atoms with Crippen molar-refractivity contribution in [2.75, 3.05) is 13.1 Å². The fraction of sp³-hybridized carbons (Fsp3) is 0.286. The van der Waals surface area contributed by atoms with Gasteiger partial charge in [-0.05, 0) is 24.3 Å². The van der Waals surface area contributed by atoms with E-state index in [1.807, 2.05) is 13.0 Å². The predicted molar refractivity (Wildman–Crippen MR) is 80.0 cm³/mol. The molecule has 2 aromatic rings. The van der Waals surface area contributed by atoms with Gasteiger partial charge < -0.3 is 5.32 Å². The molecule has 2 rings (SSSR count). The van der Waals surface area contributed by atoms with Crippen molar-refractivity contribution in [2.24, 2.45) is 0 Å². The van der Waals surface area contributed by atoms with Crippen LogP contribution in [0.25, 0.3) is 10.1 Å². The van der Waals surface area contributed by atoms with Gasteiger partial charge >= 0.3 is 4.87 Å². The maximum Gasteiger partial charge on any atom is 0.310 e. The summed E-state index contributed by atoms with van der Waals surface area (Å²) in [7, 11) is 0. The van der Waals surface area contributed by atoms with Crippen molar-refractivity contribution < 1.29 is 0 Å². The second kappa shape index (κ2) is 5.95. The van der Waals surface area contributed by atoms with E-state index in [0.29, 0.717) is 11.9 Å². The minimum Gasteiger partial charge on any atom is -0.313 e. The van der Waals surface area contributed by atoms with Crippen molar-refractivity contribution in [3.63, 3.8) is 0 Å². The molecule has 0 unspecified atom stereocenters. The summed E-state index contributed by atoms with van der Waals surface area (Å²) in [5, 5.41) is 3.72. The Morgan fingerprint density at radius 1 is 1.37 bits per heavy atom. The summed E-state index contributed by atoms with van der Waals surface area (Å²) < 4.78 is 1.98. The van der Waals surface area contributed by atoms with E-state index in [2.05, 4.69) is 11.9 Å². The van der Waals surface area contributed by atoms with Crippen LogP contribution in [0.4, 0.5) is 0 Å². The van der Waals surface area contributed by atoms with Crippen LogP contribution in [-0.2, 0) is 6.54 Å². The molecule has 0 aliphatic carbocycles. The topological polar surface area (TPSA) is 51.1 Å². The maximum absolute atomic E-state index is 12.3. The number of rotatable bonds is 5. The smallest absolute Gasteiger partial charge is 0.310 e. The maximum atomic E-state index is 12.3. The lowest BCUT2D eigenvalue weighted by molar-refractivity contribution is 0.684. The zero-order valence-electron chi connectivity index (χ0n) is 10.8. The molecule has 1 N–H and O–H groups in total. The summed E-state index contributed by atoms with van der Waals surface area (Å²) in [4.78, 5) is 24.0. The Morgan fingerprint density at radius 3 is 2.84 bits per heavy atom. The van der Waals surface area contributed by atoms with Crippen molar-refractivity contribution in [3.8, 4) is 0 Å². The van der Waals surface area contributed by atoms with Crippen LogP contribution in [0.2, 0.25) is 0 Å². The van der Waals surface area contributed by atoms with Gasteiger partial charge in [-0.15, -0.1) is 0 Å². The van der Waals surface area contributed by atoms with Crippen LogP contribution < -0.4 is 15.7 Å². The predicted octanol–water partition coefficient (Wildman–Crippen LogP) is 1.59. The van der Waals surface area contributed by atoms with Gasteiger partial charge in [0.05, 0.1) is 11.9 Å². The minimum absolute atomic E-state index is 0.235. The molecule has 1 heterocycles. The second-order valence-electron chi connectivity index (χ2n) is 4.29. The highest BCUT2D eigenvalue weighted by Gasteiger charge is 2.08. The first-order chi connectivity index (χ1) is 9.13. The van der Waals surface area contributed by atoms with E-state index < -0.39 is 0 Å². The van der Waals surface area contributed by atoms with Crippen molar-refractivity contribution >= 4 is 21.4 Å². The Bertz CT molecular complexity index is 715. The number of hydrogen-bond donors (Lipinski definition) is 1. The van der Waals surface area contributed by atoms with Crippen LogP contribution in [0, 0.1) is 0 Å². The standard InChI is InChI=1S/C14H16N2O2S/c1-3-15-8-10(2)9-16-13(17)11-6-4-5-7-12(11)19-14(16)18/h4-7,15H,2-3,8-9H2,1H3. The average Bonchev–Trinajstić information content (AvgIpc) is 2.41. The normalized spacial score (nSPS) is 10.8. The van der Waals surface area contributed by atoms with Gasteiger partial charge in [0, 0.05) is 11.2 Å². The molecule has 0 fully saturated rings. The average molecular weight is 276 g/mol. The van der Waals surface area contributed by atoms with Crippen LogP contribution >= 0.6 is 11.3 Å². The van der Waals surface area contributed by atoms with Crippen LogP contribution in [0.1, 0.15) is 6.92 Å². The quantitative estimate of drug-likeness (QED) is 0.844. The first kappa shape index (κ1) is 13.7. The van der Waals surface area contributed by atoms with E-state index in [1.54, 1.807) is 18.2 Å². The SMILES string of the molecule is C=C(CNCC)Cn1c(=O)sc2ccccc2c1=O. The first-order valence-electron chi connectivity index (χ1n) is 6.13. The number of aromatic nitrogens is 1. The molecule has 100 valence electrons. The largest absolute Gasteiger partial charge is 0.313 e. The van der Waals surface area contributed by atoms with E-state index >= 15 is 0 Å². The number of likely N-dealkylation sites (N-methyl/N-ethyl adjacent to an activating group) is 1. The summed E-state index contributed by atoms with van der Waals surface area (Å²) in [6, 6.07) is 7.17. The second-order valence-corrected chi connectivity index (χ2v) is 5.28. The fourth-order valence-electron chi connectivity index (χ4n) is 1.83. The lowest BCUT2D eigenvalue weighted by Crippen LogP contribution is -2.33. The highest BCUT2D eigenvalue weighted by Crippen LogP contribution is 2.11. The van der Waals surface area contributed by atoms with Gasteiger partial charge in [-0.1, -0.05) is 37.0 Å². The van der Waals surface area contributed by atoms with Gasteiger partial charge in [0.25, 0.3) is 5.56 Å². The molecule has 5 heteroatoms. The molecular formula is C14H16N2O2S. The van der Waals surface area contributed by atoms with E-state index in [9.17, 15) is 9.59 Å². The Hall–Kier alpha value is -1.72. The molecular weight excluding hydrogens is 260 g/mol. The molecule has 0 saturated heterocycles. The Morgan fingerprint density at radius 2 is 2.11 bits per heavy atom. The summed E-state index contributed by atoms with van der Waals surface area (Å²) >= 11 is 1.09. The molecule has 0 amide bonds. The molecule has 0 atom stereocenters. The molecule has 4 nitrogen and oxygen atoms in total. The summed E-state index contributed by atoms with van der Waals surface area (Å²) in [6.45, 7) is 7.60. The van der Waals surface area contributed by atoms with Crippen LogP contribution in [0.5, 0.6) is 0 Å². The first-order valence-corrected chi connectivity index (χ1v) is 6.95. The van der Waals surface area contributed by atoms with Crippen LogP contribution in [0.3, 0.4) is 0 Å². The number of nitrogens with zero attached hydrogens (tertiary/aromatic N) is 1. The van der Waals surface area contributed by atoms with Gasteiger partial charge in [0.15, 0.2) is 0 Å². The number of fused-ring (bicyclic) bond motifs is 1. The summed E-state index contributed by atoms with van der Waals surface area (Å²) in [5.41, 5.74) is 0.584. The lowest BCUT2D eigenvalue weighted by Gasteiger charge is -2.08. The molecule has 0 saturated carbocycles. The van der Waals surface area contributed by atoms with Gasteiger partial charge in [0.1, 0.15) is 0 Å². The minimum atomic E-state index is -0.239. The lowest BCUT2D eigenvalue weighted by atomic mass is 10.2. The molecule has 0 spiro atoms. The molecule has 0 bridgehead atoms. The van der Waals surface area contributed by atoms with Gasteiger partial charge in [-0.25, -0.2) is 0 Å². The van der Waals surface area contributed by atoms with Gasteiger partial charge in [-0.2, -0.15) is 0 Å². The third kappa shape index (κ3) is 3.00. The highest BCUT2D eigenvalue weighted by molar-refractivity contribution is 7.16. The molecule has 19 heavy (non-hydrogen) atoms. The van der Waals surface area contributed by atoms with E-state index in [4.69, 9.17) is 0 Å². The summed E-state index contributed by atoms with van der Waals surface area (Å²) in [6.07, 6.45) is 0. The van der Waals surface area contributed by atoms with E-state index in [1.165, 1.54) is 4.57 Å². The third-order valence-corrected chi connectivity index (χ3v) is 3.76. The summed E-state index contributed by atoms with van der Waals surface area (Å²) in [5.74, 6) is 0. The molecule has 0 aliphatic heterocycles. The zero-order valence-corrected chi connectivity index (χ0v) is 11.6. The van der Waals surface area contributed by atoms with Crippen LogP contribution in [-0.4, -0.2) is 17.7 Å².